The maximum atomic E-state index is 4.71. The van der Waals surface area contributed by atoms with Crippen LogP contribution in [0.1, 0.15) is 30.4 Å². The van der Waals surface area contributed by atoms with E-state index in [0.29, 0.717) is 6.04 Å². The van der Waals surface area contributed by atoms with Crippen LogP contribution in [-0.2, 0) is 0 Å². The normalized spacial score (nSPS) is 25.6. The summed E-state index contributed by atoms with van der Waals surface area (Å²) in [6.45, 7) is 7.88. The molecule has 23 heavy (non-hydrogen) atoms. The van der Waals surface area contributed by atoms with Gasteiger partial charge in [0.1, 0.15) is 12.1 Å². The number of nitrogens with zero attached hydrogens (tertiary/aromatic N) is 4. The fraction of sp³-hybridized carbons (Fsp3) is 0.579. The Balaban J connectivity index is 1.77. The molecule has 2 saturated heterocycles. The van der Waals surface area contributed by atoms with Crippen LogP contribution in [0.15, 0.2) is 18.5 Å². The second-order valence-electron chi connectivity index (χ2n) is 7.36. The van der Waals surface area contributed by atoms with Gasteiger partial charge in [-0.3, -0.25) is 0 Å². The zero-order valence-electron chi connectivity index (χ0n) is 14.4. The van der Waals surface area contributed by atoms with Crippen LogP contribution in [0.25, 0.3) is 10.9 Å². The van der Waals surface area contributed by atoms with Crippen LogP contribution in [0.3, 0.4) is 0 Å². The molecule has 0 amide bonds. The molecule has 4 rings (SSSR count). The van der Waals surface area contributed by atoms with Crippen molar-refractivity contribution in [2.45, 2.75) is 39.2 Å². The summed E-state index contributed by atoms with van der Waals surface area (Å²) in [4.78, 5) is 14.3. The van der Waals surface area contributed by atoms with E-state index in [1.807, 2.05) is 0 Å². The van der Waals surface area contributed by atoms with Crippen LogP contribution in [0.5, 0.6) is 0 Å². The molecule has 2 fully saturated rings. The summed E-state index contributed by atoms with van der Waals surface area (Å²) in [5.41, 5.74) is 3.71. The number of hydrogen-bond donors (Lipinski definition) is 0. The molecule has 2 atom stereocenters. The van der Waals surface area contributed by atoms with Gasteiger partial charge in [0.15, 0.2) is 0 Å². The molecule has 2 aromatic rings. The van der Waals surface area contributed by atoms with E-state index in [4.69, 9.17) is 4.98 Å². The Hall–Kier alpha value is -1.68. The minimum Gasteiger partial charge on any atom is -0.353 e. The number of hydrogen-bond acceptors (Lipinski definition) is 4. The van der Waals surface area contributed by atoms with Crippen molar-refractivity contribution in [3.05, 3.63) is 29.6 Å². The van der Waals surface area contributed by atoms with E-state index < -0.39 is 0 Å². The summed E-state index contributed by atoms with van der Waals surface area (Å²) in [6, 6.07) is 5.12. The third kappa shape index (κ3) is 2.59. The molecule has 2 aliphatic heterocycles. The number of aromatic nitrogens is 2. The van der Waals surface area contributed by atoms with Crippen molar-refractivity contribution in [1.82, 2.24) is 14.9 Å². The summed E-state index contributed by atoms with van der Waals surface area (Å²) < 4.78 is 0. The fourth-order valence-electron chi connectivity index (χ4n) is 4.38. The average Bonchev–Trinajstić information content (AvgIpc) is 2.54. The standard InChI is InChI=1S/C19H26N4/c1-13-9-16-17(10-14(13)2)20-12-21-19(16)23-7-4-5-15-11-22(3)8-6-18(15)23/h9-10,12,15,18H,4-8,11H2,1-3H3/t15-,18-/m1/s1. The minimum atomic E-state index is 0.639. The highest BCUT2D eigenvalue weighted by Crippen LogP contribution is 2.35. The van der Waals surface area contributed by atoms with Gasteiger partial charge in [-0.2, -0.15) is 0 Å². The second-order valence-corrected chi connectivity index (χ2v) is 7.36. The first-order valence-corrected chi connectivity index (χ1v) is 8.80. The van der Waals surface area contributed by atoms with Gasteiger partial charge >= 0.3 is 0 Å². The van der Waals surface area contributed by atoms with Crippen molar-refractivity contribution in [2.75, 3.05) is 31.6 Å². The van der Waals surface area contributed by atoms with E-state index in [1.165, 1.54) is 48.9 Å². The smallest absolute Gasteiger partial charge is 0.140 e. The number of fused-ring (bicyclic) bond motifs is 2. The summed E-state index contributed by atoms with van der Waals surface area (Å²) in [5.74, 6) is 1.93. The van der Waals surface area contributed by atoms with Crippen LogP contribution in [0.4, 0.5) is 5.82 Å². The molecule has 0 bridgehead atoms. The van der Waals surface area contributed by atoms with Crippen LogP contribution >= 0.6 is 0 Å². The SMILES string of the molecule is Cc1cc2ncnc(N3CCC[C@@H]4CN(C)CC[C@H]43)c2cc1C. The summed E-state index contributed by atoms with van der Waals surface area (Å²) in [7, 11) is 2.25. The highest BCUT2D eigenvalue weighted by Gasteiger charge is 2.36. The van der Waals surface area contributed by atoms with Gasteiger partial charge in [-0.25, -0.2) is 9.97 Å². The molecule has 3 heterocycles. The van der Waals surface area contributed by atoms with Crippen molar-refractivity contribution in [3.8, 4) is 0 Å². The van der Waals surface area contributed by atoms with E-state index in [9.17, 15) is 0 Å². The molecule has 0 radical (unpaired) electrons. The summed E-state index contributed by atoms with van der Waals surface area (Å²) in [5, 5.41) is 1.22. The number of benzene rings is 1. The Morgan fingerprint density at radius 1 is 1.04 bits per heavy atom. The van der Waals surface area contributed by atoms with Crippen LogP contribution in [0.2, 0.25) is 0 Å². The first kappa shape index (κ1) is 14.9. The molecule has 2 aliphatic rings. The lowest BCUT2D eigenvalue weighted by atomic mass is 9.84. The van der Waals surface area contributed by atoms with Gasteiger partial charge in [-0.15, -0.1) is 0 Å². The highest BCUT2D eigenvalue weighted by molar-refractivity contribution is 5.90. The molecule has 4 heteroatoms. The van der Waals surface area contributed by atoms with Crippen LogP contribution in [0, 0.1) is 19.8 Å². The van der Waals surface area contributed by atoms with Crippen LogP contribution < -0.4 is 4.90 Å². The third-order valence-corrected chi connectivity index (χ3v) is 5.77. The van der Waals surface area contributed by atoms with Crippen molar-refractivity contribution in [2.24, 2.45) is 5.92 Å². The van der Waals surface area contributed by atoms with Gasteiger partial charge in [0.2, 0.25) is 0 Å². The minimum absolute atomic E-state index is 0.639. The molecule has 0 spiro atoms. The largest absolute Gasteiger partial charge is 0.353 e. The van der Waals surface area contributed by atoms with Crippen molar-refractivity contribution < 1.29 is 0 Å². The summed E-state index contributed by atoms with van der Waals surface area (Å²) >= 11 is 0. The Bertz CT molecular complexity index is 727. The van der Waals surface area contributed by atoms with Crippen molar-refractivity contribution >= 4 is 16.7 Å². The zero-order chi connectivity index (χ0) is 16.0. The predicted octanol–water partition coefficient (Wildman–Crippen LogP) is 3.17. The molecule has 1 aromatic carbocycles. The molecular weight excluding hydrogens is 284 g/mol. The average molecular weight is 310 g/mol. The molecule has 4 nitrogen and oxygen atoms in total. The Morgan fingerprint density at radius 2 is 1.87 bits per heavy atom. The molecular formula is C19H26N4. The first-order valence-electron chi connectivity index (χ1n) is 8.80. The fourth-order valence-corrected chi connectivity index (χ4v) is 4.38. The van der Waals surface area contributed by atoms with Gasteiger partial charge in [0.25, 0.3) is 0 Å². The number of aryl methyl sites for hydroxylation is 2. The van der Waals surface area contributed by atoms with E-state index in [0.717, 1.165) is 23.8 Å². The quantitative estimate of drug-likeness (QED) is 0.810. The van der Waals surface area contributed by atoms with Gasteiger partial charge in [0, 0.05) is 24.5 Å². The van der Waals surface area contributed by atoms with E-state index >= 15 is 0 Å². The van der Waals surface area contributed by atoms with E-state index in [1.54, 1.807) is 6.33 Å². The number of rotatable bonds is 1. The highest BCUT2D eigenvalue weighted by atomic mass is 15.3. The molecule has 0 saturated carbocycles. The van der Waals surface area contributed by atoms with Gasteiger partial charge in [0.05, 0.1) is 5.52 Å². The van der Waals surface area contributed by atoms with Crippen molar-refractivity contribution in [1.29, 1.82) is 0 Å². The van der Waals surface area contributed by atoms with Crippen molar-refractivity contribution in [3.63, 3.8) is 0 Å². The molecule has 122 valence electrons. The third-order valence-electron chi connectivity index (χ3n) is 5.77. The van der Waals surface area contributed by atoms with Gasteiger partial charge in [-0.1, -0.05) is 0 Å². The number of piperidine rings is 2. The topological polar surface area (TPSA) is 32.3 Å². The lowest BCUT2D eigenvalue weighted by Crippen LogP contribution is -2.53. The maximum absolute atomic E-state index is 4.71. The monoisotopic (exact) mass is 310 g/mol. The zero-order valence-corrected chi connectivity index (χ0v) is 14.4. The number of likely N-dealkylation sites (tertiary alicyclic amines) is 1. The molecule has 0 aliphatic carbocycles. The van der Waals surface area contributed by atoms with E-state index in [2.05, 4.69) is 47.8 Å². The maximum Gasteiger partial charge on any atom is 0.140 e. The Morgan fingerprint density at radius 3 is 2.74 bits per heavy atom. The second kappa shape index (κ2) is 5.75. The lowest BCUT2D eigenvalue weighted by molar-refractivity contribution is 0.154. The van der Waals surface area contributed by atoms with Crippen LogP contribution in [-0.4, -0.2) is 47.6 Å². The Kier molecular flexibility index (Phi) is 3.72. The Labute approximate surface area is 138 Å². The molecule has 0 unspecified atom stereocenters. The molecule has 1 aromatic heterocycles. The first-order chi connectivity index (χ1) is 11.1. The predicted molar refractivity (Wildman–Crippen MR) is 95.0 cm³/mol. The van der Waals surface area contributed by atoms with Gasteiger partial charge < -0.3 is 9.80 Å². The lowest BCUT2D eigenvalue weighted by Gasteiger charge is -2.47. The number of anilines is 1. The summed E-state index contributed by atoms with van der Waals surface area (Å²) in [6.07, 6.45) is 5.61. The van der Waals surface area contributed by atoms with Gasteiger partial charge in [-0.05, 0) is 75.9 Å². The van der Waals surface area contributed by atoms with E-state index in [-0.39, 0.29) is 0 Å². The molecule has 0 N–H and O–H groups in total.